The van der Waals surface area contributed by atoms with Gasteiger partial charge in [0.1, 0.15) is 22.4 Å². The molecule has 0 fully saturated rings. The zero-order chi connectivity index (χ0) is 26.6. The van der Waals surface area contributed by atoms with Gasteiger partial charge in [-0.3, -0.25) is 5.32 Å². The topological polar surface area (TPSA) is 90.4 Å². The van der Waals surface area contributed by atoms with E-state index >= 15 is 4.39 Å². The van der Waals surface area contributed by atoms with Gasteiger partial charge < -0.3 is 15.3 Å². The largest absolute Gasteiger partial charge is 0.506 e. The number of rotatable bonds is 4. The first-order valence-electron chi connectivity index (χ1n) is 11.7. The minimum absolute atomic E-state index is 0.177. The van der Waals surface area contributed by atoms with Crippen molar-refractivity contribution in [3.8, 4) is 16.3 Å². The van der Waals surface area contributed by atoms with Gasteiger partial charge in [-0.2, -0.15) is 0 Å². The molecule has 0 bridgehead atoms. The van der Waals surface area contributed by atoms with E-state index in [2.05, 4.69) is 15.6 Å². The minimum Gasteiger partial charge on any atom is -0.506 e. The number of hydrogen-bond donors (Lipinski definition) is 3. The maximum absolute atomic E-state index is 15.6. The van der Waals surface area contributed by atoms with E-state index in [1.54, 1.807) is 17.5 Å². The van der Waals surface area contributed by atoms with E-state index in [0.29, 0.717) is 50.0 Å². The van der Waals surface area contributed by atoms with Crippen LogP contribution in [0.2, 0.25) is 4.47 Å². The summed E-state index contributed by atoms with van der Waals surface area (Å²) in [7, 11) is 0. The van der Waals surface area contributed by atoms with Crippen molar-refractivity contribution in [2.24, 2.45) is 0 Å². The lowest BCUT2D eigenvalue weighted by Crippen LogP contribution is -2.27. The van der Waals surface area contributed by atoms with E-state index in [0.717, 1.165) is 16.3 Å². The number of phenolic OH excluding ortho intramolecular Hbond substituents is 1. The lowest BCUT2D eigenvalue weighted by Gasteiger charge is -2.25. The molecule has 38 heavy (non-hydrogen) atoms. The standard InChI is InChI=1S/C27H21ClFN5O2S2/c1-27(2)13-34(17-9-5-3-7-15(17)31-26(36)33-20-12-37-25(28)32-20)23-18(35)11-14(29)21(22(23)27)24-30-16-8-4-6-10-19(16)38-24/h3-12,35H,13H2,1-2H3,(H2,31,33,36). The van der Waals surface area contributed by atoms with E-state index in [9.17, 15) is 9.90 Å². The van der Waals surface area contributed by atoms with Crippen LogP contribution < -0.4 is 15.5 Å². The summed E-state index contributed by atoms with van der Waals surface area (Å²) in [5, 5.41) is 18.8. The first-order valence-corrected chi connectivity index (χ1v) is 13.8. The Balaban J connectivity index is 1.44. The number of benzene rings is 3. The predicted octanol–water partition coefficient (Wildman–Crippen LogP) is 7.99. The van der Waals surface area contributed by atoms with Crippen LogP contribution in [0.1, 0.15) is 19.4 Å². The molecule has 0 unspecified atom stereocenters. The van der Waals surface area contributed by atoms with Gasteiger partial charge in [0.05, 0.1) is 32.8 Å². The highest BCUT2D eigenvalue weighted by atomic mass is 35.5. The van der Waals surface area contributed by atoms with Crippen LogP contribution >= 0.6 is 34.3 Å². The Morgan fingerprint density at radius 1 is 1.13 bits per heavy atom. The van der Waals surface area contributed by atoms with Crippen molar-refractivity contribution in [3.63, 3.8) is 0 Å². The van der Waals surface area contributed by atoms with E-state index in [4.69, 9.17) is 16.6 Å². The number of anilines is 4. The number of nitrogens with one attached hydrogen (secondary N) is 2. The van der Waals surface area contributed by atoms with E-state index in [-0.39, 0.29) is 5.75 Å². The van der Waals surface area contributed by atoms with Crippen LogP contribution in [0.3, 0.4) is 0 Å². The highest BCUT2D eigenvalue weighted by molar-refractivity contribution is 7.21. The van der Waals surface area contributed by atoms with Crippen molar-refractivity contribution in [1.29, 1.82) is 0 Å². The summed E-state index contributed by atoms with van der Waals surface area (Å²) in [6.07, 6.45) is 0. The SMILES string of the molecule is CC1(C)CN(c2ccccc2NC(=O)Nc2csc(Cl)n2)c2c(O)cc(F)c(-c3nc4ccccc4s3)c21. The van der Waals surface area contributed by atoms with Crippen LogP contribution in [0.5, 0.6) is 5.75 Å². The smallest absolute Gasteiger partial charge is 0.324 e. The summed E-state index contributed by atoms with van der Waals surface area (Å²) in [5.74, 6) is -0.358. The molecule has 0 spiro atoms. The summed E-state index contributed by atoms with van der Waals surface area (Å²) >= 11 is 8.50. The molecule has 0 aliphatic carbocycles. The Labute approximate surface area is 230 Å². The molecule has 11 heteroatoms. The molecule has 3 N–H and O–H groups in total. The molecule has 0 radical (unpaired) electrons. The third-order valence-corrected chi connectivity index (χ3v) is 8.43. The molecule has 6 rings (SSSR count). The fourth-order valence-electron chi connectivity index (χ4n) is 4.90. The van der Waals surface area contributed by atoms with E-state index < -0.39 is 17.3 Å². The number of para-hydroxylation sites is 3. The summed E-state index contributed by atoms with van der Waals surface area (Å²) in [6, 6.07) is 15.6. The number of carbonyl (C=O) groups is 1. The number of urea groups is 1. The highest BCUT2D eigenvalue weighted by Gasteiger charge is 2.42. The monoisotopic (exact) mass is 565 g/mol. The zero-order valence-corrected chi connectivity index (χ0v) is 22.6. The summed E-state index contributed by atoms with van der Waals surface area (Å²) in [4.78, 5) is 23.4. The van der Waals surface area contributed by atoms with Crippen LogP contribution in [-0.4, -0.2) is 27.7 Å². The molecular formula is C27H21ClFN5O2S2. The normalized spacial score (nSPS) is 14.1. The molecule has 7 nitrogen and oxygen atoms in total. The number of hydrogen-bond acceptors (Lipinski definition) is 7. The van der Waals surface area contributed by atoms with E-state index in [1.165, 1.54) is 22.7 Å². The van der Waals surface area contributed by atoms with Gasteiger partial charge in [0.25, 0.3) is 0 Å². The first kappa shape index (κ1) is 24.6. The van der Waals surface area contributed by atoms with Gasteiger partial charge in [0, 0.05) is 29.0 Å². The number of nitrogens with zero attached hydrogens (tertiary/aromatic N) is 3. The molecule has 5 aromatic rings. The zero-order valence-electron chi connectivity index (χ0n) is 20.3. The fraction of sp³-hybridized carbons (Fsp3) is 0.148. The van der Waals surface area contributed by atoms with Crippen molar-refractivity contribution >= 4 is 73.4 Å². The van der Waals surface area contributed by atoms with Gasteiger partial charge >= 0.3 is 6.03 Å². The van der Waals surface area contributed by atoms with Gasteiger partial charge in [-0.05, 0) is 24.3 Å². The number of thiazole rings is 2. The summed E-state index contributed by atoms with van der Waals surface area (Å²) in [5.41, 5.74) is 2.97. The predicted molar refractivity (Wildman–Crippen MR) is 153 cm³/mol. The third-order valence-electron chi connectivity index (χ3n) is 6.40. The maximum atomic E-state index is 15.6. The Bertz CT molecular complexity index is 1680. The first-order chi connectivity index (χ1) is 18.2. The van der Waals surface area contributed by atoms with Crippen LogP contribution in [0.15, 0.2) is 60.0 Å². The molecule has 0 saturated carbocycles. The second-order valence-corrected chi connectivity index (χ2v) is 12.0. The lowest BCUT2D eigenvalue weighted by atomic mass is 9.83. The number of fused-ring (bicyclic) bond motifs is 2. The van der Waals surface area contributed by atoms with Crippen LogP contribution in [-0.2, 0) is 5.41 Å². The third kappa shape index (κ3) is 4.24. The van der Waals surface area contributed by atoms with Gasteiger partial charge in [-0.25, -0.2) is 19.2 Å². The van der Waals surface area contributed by atoms with Gasteiger partial charge in [0.2, 0.25) is 0 Å². The number of phenols is 1. The Hall–Kier alpha value is -3.73. The highest BCUT2D eigenvalue weighted by Crippen LogP contribution is 2.55. The quantitative estimate of drug-likeness (QED) is 0.205. The number of aromatic nitrogens is 2. The molecular weight excluding hydrogens is 545 g/mol. The number of halogens is 2. The van der Waals surface area contributed by atoms with E-state index in [1.807, 2.05) is 55.1 Å². The Morgan fingerprint density at radius 2 is 1.89 bits per heavy atom. The second-order valence-electron chi connectivity index (χ2n) is 9.51. The van der Waals surface area contributed by atoms with Crippen LogP contribution in [0, 0.1) is 5.82 Å². The Kier molecular flexibility index (Phi) is 5.97. The molecule has 3 heterocycles. The number of amides is 2. The van der Waals surface area contributed by atoms with Gasteiger partial charge in [-0.15, -0.1) is 22.7 Å². The van der Waals surface area contributed by atoms with Gasteiger partial charge in [-0.1, -0.05) is 49.7 Å². The summed E-state index contributed by atoms with van der Waals surface area (Å²) < 4.78 is 16.8. The average Bonchev–Trinajstić information content (AvgIpc) is 3.55. The number of aromatic hydroxyl groups is 1. The molecule has 1 aliphatic rings. The van der Waals surface area contributed by atoms with Crippen molar-refractivity contribution in [2.75, 3.05) is 22.1 Å². The molecule has 0 saturated heterocycles. The molecule has 0 atom stereocenters. The molecule has 3 aromatic carbocycles. The molecule has 2 aromatic heterocycles. The lowest BCUT2D eigenvalue weighted by molar-refractivity contribution is 0.262. The van der Waals surface area contributed by atoms with Crippen molar-refractivity contribution in [1.82, 2.24) is 9.97 Å². The summed E-state index contributed by atoms with van der Waals surface area (Å²) in [6.45, 7) is 4.46. The minimum atomic E-state index is -0.547. The Morgan fingerprint density at radius 3 is 2.66 bits per heavy atom. The van der Waals surface area contributed by atoms with Crippen molar-refractivity contribution in [2.45, 2.75) is 19.3 Å². The maximum Gasteiger partial charge on any atom is 0.324 e. The second kappa shape index (κ2) is 9.23. The molecule has 192 valence electrons. The van der Waals surface area contributed by atoms with Crippen molar-refractivity contribution in [3.05, 3.63) is 75.8 Å². The average molecular weight is 566 g/mol. The van der Waals surface area contributed by atoms with Gasteiger partial charge in [0.15, 0.2) is 4.47 Å². The van der Waals surface area contributed by atoms with Crippen molar-refractivity contribution < 1.29 is 14.3 Å². The van der Waals surface area contributed by atoms with Crippen LogP contribution in [0.25, 0.3) is 20.8 Å². The fourth-order valence-corrected chi connectivity index (χ4v) is 6.61. The van der Waals surface area contributed by atoms with Crippen LogP contribution in [0.4, 0.5) is 32.1 Å². The molecule has 2 amide bonds. The molecule has 1 aliphatic heterocycles. The number of carbonyl (C=O) groups excluding carboxylic acids is 1.